The monoisotopic (exact) mass is 397 g/mol. The minimum absolute atomic E-state index is 0.0106. The number of furan rings is 1. The number of carbonyl (C=O) groups excluding carboxylic acids is 2. The molecule has 0 spiro atoms. The first-order valence-electron chi connectivity index (χ1n) is 8.35. The second-order valence-electron chi connectivity index (χ2n) is 5.93. The van der Waals surface area contributed by atoms with E-state index >= 15 is 0 Å². The number of anilines is 1. The summed E-state index contributed by atoms with van der Waals surface area (Å²) >= 11 is 6.01. The Balaban J connectivity index is 1.79. The molecule has 142 valence electrons. The lowest BCUT2D eigenvalue weighted by Gasteiger charge is -2.14. The van der Waals surface area contributed by atoms with Gasteiger partial charge in [-0.05, 0) is 38.1 Å². The molecule has 0 bridgehead atoms. The molecule has 0 saturated carbocycles. The van der Waals surface area contributed by atoms with Crippen molar-refractivity contribution in [1.82, 2.24) is 4.57 Å². The van der Waals surface area contributed by atoms with Crippen LogP contribution >= 0.6 is 11.6 Å². The summed E-state index contributed by atoms with van der Waals surface area (Å²) in [4.78, 5) is 24.9. The van der Waals surface area contributed by atoms with Crippen LogP contribution in [0.2, 0.25) is 5.02 Å². The number of rotatable bonds is 5. The van der Waals surface area contributed by atoms with Crippen molar-refractivity contribution in [3.63, 3.8) is 0 Å². The maximum Gasteiger partial charge on any atom is 0.343 e. The Kier molecular flexibility index (Phi) is 5.52. The summed E-state index contributed by atoms with van der Waals surface area (Å²) in [6.45, 7) is 2.98. The molecule has 28 heavy (non-hydrogen) atoms. The minimum atomic E-state index is -1.11. The third-order valence-corrected chi connectivity index (χ3v) is 4.33. The molecule has 1 aromatic carbocycles. The zero-order chi connectivity index (χ0) is 20.3. The number of carbonyl (C=O) groups is 2. The summed E-state index contributed by atoms with van der Waals surface area (Å²) in [6.07, 6.45) is 2.27. The average molecular weight is 398 g/mol. The molecule has 3 aromatic rings. The Labute approximate surface area is 166 Å². The van der Waals surface area contributed by atoms with Crippen molar-refractivity contribution in [2.24, 2.45) is 0 Å². The van der Waals surface area contributed by atoms with Crippen LogP contribution in [0.15, 0.2) is 53.2 Å². The largest absolute Gasteiger partial charge is 0.449 e. The number of ether oxygens (including phenoxy) is 1. The van der Waals surface area contributed by atoms with Crippen LogP contribution in [0.3, 0.4) is 0 Å². The third kappa shape index (κ3) is 3.77. The molecule has 0 aliphatic heterocycles. The van der Waals surface area contributed by atoms with Crippen molar-refractivity contribution < 1.29 is 18.7 Å². The van der Waals surface area contributed by atoms with Gasteiger partial charge in [-0.3, -0.25) is 9.36 Å². The van der Waals surface area contributed by atoms with Crippen LogP contribution in [0.1, 0.15) is 28.6 Å². The number of benzene rings is 1. The van der Waals surface area contributed by atoms with Crippen LogP contribution in [0, 0.1) is 18.3 Å². The quantitative estimate of drug-likeness (QED) is 0.654. The van der Waals surface area contributed by atoms with Crippen molar-refractivity contribution in [2.45, 2.75) is 20.0 Å². The number of amides is 1. The van der Waals surface area contributed by atoms with Gasteiger partial charge in [-0.2, -0.15) is 5.26 Å². The number of nitrogens with zero attached hydrogens (tertiary/aromatic N) is 2. The van der Waals surface area contributed by atoms with Crippen molar-refractivity contribution in [2.75, 3.05) is 5.32 Å². The second-order valence-corrected chi connectivity index (χ2v) is 6.34. The van der Waals surface area contributed by atoms with Gasteiger partial charge in [0.1, 0.15) is 23.0 Å². The fourth-order valence-electron chi connectivity index (χ4n) is 2.60. The Morgan fingerprint density at radius 2 is 1.93 bits per heavy atom. The molecule has 7 nitrogen and oxygen atoms in total. The van der Waals surface area contributed by atoms with E-state index in [1.807, 2.05) is 6.07 Å². The number of hydrogen-bond donors (Lipinski definition) is 1. The molecular weight excluding hydrogens is 382 g/mol. The highest BCUT2D eigenvalue weighted by atomic mass is 35.5. The van der Waals surface area contributed by atoms with E-state index in [1.54, 1.807) is 60.3 Å². The number of nitriles is 1. The topological polar surface area (TPSA) is 97.3 Å². The van der Waals surface area contributed by atoms with Crippen LogP contribution in [0.25, 0.3) is 5.88 Å². The number of hydrogen-bond acceptors (Lipinski definition) is 5. The molecule has 1 atom stereocenters. The van der Waals surface area contributed by atoms with Gasteiger partial charge in [-0.1, -0.05) is 23.7 Å². The first-order valence-corrected chi connectivity index (χ1v) is 8.73. The van der Waals surface area contributed by atoms with Gasteiger partial charge < -0.3 is 14.5 Å². The van der Waals surface area contributed by atoms with Crippen molar-refractivity contribution in [1.29, 1.82) is 5.26 Å². The maximum atomic E-state index is 12.6. The normalized spacial score (nSPS) is 11.5. The number of para-hydroxylation sites is 1. The number of aryl methyl sites for hydroxylation is 1. The summed E-state index contributed by atoms with van der Waals surface area (Å²) in [5.41, 5.74) is 0.435. The van der Waals surface area contributed by atoms with Gasteiger partial charge in [-0.25, -0.2) is 4.79 Å². The van der Waals surface area contributed by atoms with Crippen LogP contribution < -0.4 is 5.32 Å². The summed E-state index contributed by atoms with van der Waals surface area (Å²) in [7, 11) is 0. The van der Waals surface area contributed by atoms with Gasteiger partial charge in [0.2, 0.25) is 5.88 Å². The number of aromatic nitrogens is 1. The molecule has 0 saturated heterocycles. The fraction of sp³-hybridized carbons (Fsp3) is 0.150. The molecule has 3 rings (SSSR count). The maximum absolute atomic E-state index is 12.6. The summed E-state index contributed by atoms with van der Waals surface area (Å²) in [5.74, 6) is -0.932. The van der Waals surface area contributed by atoms with E-state index < -0.39 is 18.0 Å². The Bertz CT molecular complexity index is 1060. The highest BCUT2D eigenvalue weighted by Gasteiger charge is 2.28. The highest BCUT2D eigenvalue weighted by molar-refractivity contribution is 6.33. The summed E-state index contributed by atoms with van der Waals surface area (Å²) < 4.78 is 12.4. The summed E-state index contributed by atoms with van der Waals surface area (Å²) in [5, 5.41) is 12.5. The summed E-state index contributed by atoms with van der Waals surface area (Å²) in [6, 6.07) is 12.2. The molecule has 2 aromatic heterocycles. The standard InChI is InChI=1S/C20H16ClN3O4/c1-12-17(14(11-22)19(27-12)24-9-5-6-10-24)20(26)28-13(2)18(25)23-16-8-4-3-7-15(16)21/h3-10,13H,1-2H3,(H,23,25)/t13-/m0/s1. The van der Waals surface area contributed by atoms with Crippen molar-refractivity contribution in [3.05, 3.63) is 70.7 Å². The Hall–Kier alpha value is -3.50. The zero-order valence-electron chi connectivity index (χ0n) is 15.1. The van der Waals surface area contributed by atoms with E-state index in [4.69, 9.17) is 20.8 Å². The first-order chi connectivity index (χ1) is 13.4. The fourth-order valence-corrected chi connectivity index (χ4v) is 2.78. The smallest absolute Gasteiger partial charge is 0.343 e. The zero-order valence-corrected chi connectivity index (χ0v) is 15.9. The molecule has 1 amide bonds. The van der Waals surface area contributed by atoms with Crippen LogP contribution in [0.5, 0.6) is 0 Å². The van der Waals surface area contributed by atoms with E-state index in [0.717, 1.165) is 0 Å². The number of esters is 1. The first kappa shape index (κ1) is 19.3. The highest BCUT2D eigenvalue weighted by Crippen LogP contribution is 2.27. The van der Waals surface area contributed by atoms with E-state index in [2.05, 4.69) is 5.32 Å². The Morgan fingerprint density at radius 3 is 2.57 bits per heavy atom. The van der Waals surface area contributed by atoms with Gasteiger partial charge in [-0.15, -0.1) is 0 Å². The lowest BCUT2D eigenvalue weighted by molar-refractivity contribution is -0.123. The van der Waals surface area contributed by atoms with Gasteiger partial charge in [0.05, 0.1) is 10.7 Å². The van der Waals surface area contributed by atoms with Crippen molar-refractivity contribution in [3.8, 4) is 12.0 Å². The van der Waals surface area contributed by atoms with Gasteiger partial charge in [0.15, 0.2) is 6.10 Å². The number of halogens is 1. The molecule has 0 aliphatic rings. The van der Waals surface area contributed by atoms with Crippen LogP contribution in [-0.4, -0.2) is 22.5 Å². The lowest BCUT2D eigenvalue weighted by Crippen LogP contribution is -2.30. The van der Waals surface area contributed by atoms with E-state index in [9.17, 15) is 14.9 Å². The lowest BCUT2D eigenvalue weighted by atomic mass is 10.1. The van der Waals surface area contributed by atoms with E-state index in [-0.39, 0.29) is 22.8 Å². The molecule has 0 unspecified atom stereocenters. The molecule has 0 aliphatic carbocycles. The predicted octanol–water partition coefficient (Wildman–Crippen LogP) is 4.09. The predicted molar refractivity (Wildman–Crippen MR) is 102 cm³/mol. The van der Waals surface area contributed by atoms with Gasteiger partial charge >= 0.3 is 5.97 Å². The van der Waals surface area contributed by atoms with Crippen LogP contribution in [-0.2, 0) is 9.53 Å². The molecule has 0 fully saturated rings. The van der Waals surface area contributed by atoms with E-state index in [1.165, 1.54) is 6.92 Å². The Morgan fingerprint density at radius 1 is 1.25 bits per heavy atom. The number of nitrogens with one attached hydrogen (secondary N) is 1. The molecular formula is C20H16ClN3O4. The molecule has 8 heteroatoms. The average Bonchev–Trinajstić information content (AvgIpc) is 3.30. The molecule has 1 N–H and O–H groups in total. The molecule has 0 radical (unpaired) electrons. The SMILES string of the molecule is Cc1oc(-n2cccc2)c(C#N)c1C(=O)O[C@@H](C)C(=O)Nc1ccccc1Cl. The van der Waals surface area contributed by atoms with Crippen molar-refractivity contribution >= 4 is 29.2 Å². The second kappa shape index (κ2) is 8.03. The van der Waals surface area contributed by atoms with Crippen LogP contribution in [0.4, 0.5) is 5.69 Å². The van der Waals surface area contributed by atoms with Gasteiger partial charge in [0.25, 0.3) is 5.91 Å². The third-order valence-electron chi connectivity index (χ3n) is 4.01. The molecule has 2 heterocycles. The minimum Gasteiger partial charge on any atom is -0.449 e. The van der Waals surface area contributed by atoms with E-state index in [0.29, 0.717) is 10.7 Å². The van der Waals surface area contributed by atoms with Gasteiger partial charge in [0, 0.05) is 12.4 Å².